The Kier molecular flexibility index (Phi) is 6.66. The summed E-state index contributed by atoms with van der Waals surface area (Å²) in [7, 11) is 1.75. The van der Waals surface area contributed by atoms with Crippen molar-refractivity contribution in [2.75, 3.05) is 20.2 Å². The number of benzene rings is 1. The van der Waals surface area contributed by atoms with Gasteiger partial charge < -0.3 is 19.8 Å². The lowest BCUT2D eigenvalue weighted by Crippen LogP contribution is -2.37. The van der Waals surface area contributed by atoms with Crippen molar-refractivity contribution in [2.24, 2.45) is 4.99 Å². The normalized spacial score (nSPS) is 11.4. The number of oxazole rings is 1. The van der Waals surface area contributed by atoms with Crippen LogP contribution in [0.3, 0.4) is 0 Å². The van der Waals surface area contributed by atoms with Crippen molar-refractivity contribution in [3.63, 3.8) is 0 Å². The van der Waals surface area contributed by atoms with E-state index in [2.05, 4.69) is 32.7 Å². The molecule has 0 amide bonds. The van der Waals surface area contributed by atoms with Crippen molar-refractivity contribution in [2.45, 2.75) is 33.7 Å². The number of aryl methyl sites for hydroxylation is 2. The Bertz CT molecular complexity index is 660. The van der Waals surface area contributed by atoms with Crippen LogP contribution in [0.25, 0.3) is 0 Å². The zero-order valence-corrected chi connectivity index (χ0v) is 14.8. The number of nitrogens with one attached hydrogen (secondary N) is 2. The van der Waals surface area contributed by atoms with Crippen LogP contribution in [0, 0.1) is 13.8 Å². The van der Waals surface area contributed by atoms with Crippen molar-refractivity contribution in [1.82, 2.24) is 15.6 Å². The van der Waals surface area contributed by atoms with Crippen LogP contribution in [0.15, 0.2) is 33.7 Å². The predicted molar refractivity (Wildman–Crippen MR) is 95.5 cm³/mol. The number of rotatable bonds is 7. The average Bonchev–Trinajstić information content (AvgIpc) is 2.89. The molecule has 6 nitrogen and oxygen atoms in total. The molecule has 6 heteroatoms. The Labute approximate surface area is 143 Å². The zero-order chi connectivity index (χ0) is 17.4. The highest BCUT2D eigenvalue weighted by Crippen LogP contribution is 2.13. The zero-order valence-electron chi connectivity index (χ0n) is 14.8. The summed E-state index contributed by atoms with van der Waals surface area (Å²) in [6, 6.07) is 8.15. The van der Waals surface area contributed by atoms with Crippen molar-refractivity contribution in [3.8, 4) is 5.75 Å². The Morgan fingerprint density at radius 1 is 1.29 bits per heavy atom. The van der Waals surface area contributed by atoms with Gasteiger partial charge in [-0.1, -0.05) is 12.1 Å². The number of nitrogens with zero attached hydrogens (tertiary/aromatic N) is 2. The van der Waals surface area contributed by atoms with Crippen molar-refractivity contribution >= 4 is 5.96 Å². The Morgan fingerprint density at radius 3 is 2.79 bits per heavy atom. The van der Waals surface area contributed by atoms with Crippen molar-refractivity contribution < 1.29 is 9.15 Å². The number of hydrogen-bond donors (Lipinski definition) is 2. The maximum atomic E-state index is 5.55. The van der Waals surface area contributed by atoms with Crippen LogP contribution in [-0.2, 0) is 13.0 Å². The van der Waals surface area contributed by atoms with Gasteiger partial charge in [0, 0.05) is 13.6 Å². The molecule has 0 radical (unpaired) electrons. The predicted octanol–water partition coefficient (Wildman–Crippen LogP) is 2.60. The maximum Gasteiger partial charge on any atom is 0.214 e. The third-order valence-electron chi connectivity index (χ3n) is 3.62. The van der Waals surface area contributed by atoms with E-state index in [-0.39, 0.29) is 0 Å². The van der Waals surface area contributed by atoms with Gasteiger partial charge in [-0.25, -0.2) is 4.98 Å². The van der Waals surface area contributed by atoms with Crippen LogP contribution in [-0.4, -0.2) is 31.1 Å². The fraction of sp³-hybridized carbons (Fsp3) is 0.444. The van der Waals surface area contributed by atoms with Gasteiger partial charge in [-0.2, -0.15) is 0 Å². The molecule has 0 spiro atoms. The number of guanidine groups is 1. The molecular weight excluding hydrogens is 304 g/mol. The molecule has 0 saturated heterocycles. The number of hydrogen-bond acceptors (Lipinski definition) is 4. The molecule has 2 N–H and O–H groups in total. The molecule has 0 atom stereocenters. The summed E-state index contributed by atoms with van der Waals surface area (Å²) in [6.45, 7) is 7.80. The second kappa shape index (κ2) is 8.96. The fourth-order valence-corrected chi connectivity index (χ4v) is 2.28. The van der Waals surface area contributed by atoms with E-state index in [1.807, 2.05) is 32.9 Å². The van der Waals surface area contributed by atoms with Crippen LogP contribution >= 0.6 is 0 Å². The smallest absolute Gasteiger partial charge is 0.214 e. The Morgan fingerprint density at radius 2 is 2.12 bits per heavy atom. The first-order valence-corrected chi connectivity index (χ1v) is 8.21. The van der Waals surface area contributed by atoms with E-state index in [1.165, 1.54) is 5.56 Å². The summed E-state index contributed by atoms with van der Waals surface area (Å²) in [5.74, 6) is 3.15. The van der Waals surface area contributed by atoms with E-state index >= 15 is 0 Å². The number of aromatic nitrogens is 1. The minimum Gasteiger partial charge on any atom is -0.494 e. The van der Waals surface area contributed by atoms with E-state index in [9.17, 15) is 0 Å². The molecule has 0 fully saturated rings. The van der Waals surface area contributed by atoms with E-state index in [0.717, 1.165) is 36.1 Å². The Balaban J connectivity index is 1.78. The molecule has 1 heterocycles. The molecule has 0 aliphatic carbocycles. The highest BCUT2D eigenvalue weighted by Gasteiger charge is 2.06. The molecular formula is C18H26N4O2. The minimum atomic E-state index is 0.508. The third-order valence-corrected chi connectivity index (χ3v) is 3.62. The molecule has 130 valence electrons. The van der Waals surface area contributed by atoms with Crippen LogP contribution in [0.2, 0.25) is 0 Å². The van der Waals surface area contributed by atoms with Gasteiger partial charge in [-0.05, 0) is 44.9 Å². The minimum absolute atomic E-state index is 0.508. The van der Waals surface area contributed by atoms with E-state index in [1.54, 1.807) is 7.05 Å². The summed E-state index contributed by atoms with van der Waals surface area (Å²) in [5.41, 5.74) is 2.15. The van der Waals surface area contributed by atoms with Gasteiger partial charge in [0.15, 0.2) is 5.96 Å². The van der Waals surface area contributed by atoms with Gasteiger partial charge >= 0.3 is 0 Å². The molecule has 2 rings (SSSR count). The van der Waals surface area contributed by atoms with Gasteiger partial charge in [0.05, 0.1) is 18.8 Å². The van der Waals surface area contributed by atoms with Gasteiger partial charge in [-0.15, -0.1) is 0 Å². The van der Waals surface area contributed by atoms with Gasteiger partial charge in [0.1, 0.15) is 11.5 Å². The maximum absolute atomic E-state index is 5.55. The molecule has 0 unspecified atom stereocenters. The molecule has 2 aromatic rings. The van der Waals surface area contributed by atoms with Gasteiger partial charge in [0.25, 0.3) is 0 Å². The highest BCUT2D eigenvalue weighted by atomic mass is 16.5. The van der Waals surface area contributed by atoms with Crippen LogP contribution < -0.4 is 15.4 Å². The summed E-state index contributed by atoms with van der Waals surface area (Å²) in [4.78, 5) is 8.56. The van der Waals surface area contributed by atoms with Gasteiger partial charge in [0.2, 0.25) is 5.89 Å². The molecule has 0 saturated carbocycles. The van der Waals surface area contributed by atoms with Crippen molar-refractivity contribution in [3.05, 3.63) is 47.2 Å². The summed E-state index contributed by atoms with van der Waals surface area (Å²) in [5, 5.41) is 6.49. The topological polar surface area (TPSA) is 71.7 Å². The quantitative estimate of drug-likeness (QED) is 0.603. The fourth-order valence-electron chi connectivity index (χ4n) is 2.28. The second-order valence-corrected chi connectivity index (χ2v) is 5.43. The lowest BCUT2D eigenvalue weighted by Gasteiger charge is -2.11. The van der Waals surface area contributed by atoms with E-state index < -0.39 is 0 Å². The lowest BCUT2D eigenvalue weighted by molar-refractivity contribution is 0.340. The lowest BCUT2D eigenvalue weighted by atomic mass is 10.1. The van der Waals surface area contributed by atoms with Gasteiger partial charge in [-0.3, -0.25) is 4.99 Å². The molecule has 0 aliphatic heterocycles. The molecule has 1 aromatic heterocycles. The number of aliphatic imine (C=N–C) groups is 1. The molecule has 0 aliphatic rings. The first kappa shape index (κ1) is 17.8. The van der Waals surface area contributed by atoms with Crippen LogP contribution in [0.5, 0.6) is 5.75 Å². The average molecular weight is 330 g/mol. The summed E-state index contributed by atoms with van der Waals surface area (Å²) in [6.07, 6.45) is 0.888. The van der Waals surface area contributed by atoms with E-state index in [4.69, 9.17) is 9.15 Å². The van der Waals surface area contributed by atoms with Crippen LogP contribution in [0.1, 0.15) is 29.8 Å². The molecule has 0 bridgehead atoms. The largest absolute Gasteiger partial charge is 0.494 e. The first-order valence-electron chi connectivity index (χ1n) is 8.21. The standard InChI is InChI=1S/C18H26N4O2/c1-5-23-16-8-6-7-15(11-16)9-10-20-18(19-4)21-12-17-22-13(2)14(3)24-17/h6-8,11H,5,9-10,12H2,1-4H3,(H2,19,20,21). The third kappa shape index (κ3) is 5.30. The SMILES string of the molecule is CCOc1cccc(CCNC(=NC)NCc2nc(C)c(C)o2)c1. The summed E-state index contributed by atoms with van der Waals surface area (Å²) < 4.78 is 11.1. The molecule has 24 heavy (non-hydrogen) atoms. The number of ether oxygens (including phenoxy) is 1. The molecule has 1 aromatic carbocycles. The first-order chi connectivity index (χ1) is 11.6. The highest BCUT2D eigenvalue weighted by molar-refractivity contribution is 5.79. The Hall–Kier alpha value is -2.50. The van der Waals surface area contributed by atoms with Crippen LogP contribution in [0.4, 0.5) is 0 Å². The monoisotopic (exact) mass is 330 g/mol. The van der Waals surface area contributed by atoms with Crippen molar-refractivity contribution in [1.29, 1.82) is 0 Å². The van der Waals surface area contributed by atoms with E-state index in [0.29, 0.717) is 19.0 Å². The second-order valence-electron chi connectivity index (χ2n) is 5.43. The summed E-state index contributed by atoms with van der Waals surface area (Å²) >= 11 is 0.